The molecule has 0 fully saturated rings. The third-order valence-electron chi connectivity index (χ3n) is 3.18. The molecule has 20 heavy (non-hydrogen) atoms. The van der Waals surface area contributed by atoms with E-state index in [2.05, 4.69) is 4.74 Å². The van der Waals surface area contributed by atoms with E-state index in [1.54, 1.807) is 26.0 Å². The lowest BCUT2D eigenvalue weighted by Crippen LogP contribution is -2.42. The Hall–Kier alpha value is -2.24. The lowest BCUT2D eigenvalue weighted by molar-refractivity contribution is -0.150. The molecular formula is C14H14FNO4. The number of hydrogen-bond donors (Lipinski definition) is 0. The van der Waals surface area contributed by atoms with Crippen LogP contribution in [-0.4, -0.2) is 30.6 Å². The molecule has 1 amide bonds. The van der Waals surface area contributed by atoms with Gasteiger partial charge in [-0.05, 0) is 31.9 Å². The molecule has 6 heteroatoms. The first-order valence-corrected chi connectivity index (χ1v) is 6.19. The second-order valence-corrected chi connectivity index (χ2v) is 4.52. The minimum absolute atomic E-state index is 0.00507. The van der Waals surface area contributed by atoms with Crippen molar-refractivity contribution in [3.05, 3.63) is 28.8 Å². The third kappa shape index (κ3) is 1.97. The number of halogens is 1. The number of fused-ring (bicyclic) bond motifs is 1. The van der Waals surface area contributed by atoms with Crippen LogP contribution in [-0.2, 0) is 14.3 Å². The number of nitrogens with zero attached hydrogens (tertiary/aromatic N) is 1. The fourth-order valence-corrected chi connectivity index (χ4v) is 2.24. The largest absolute Gasteiger partial charge is 0.462 e. The number of amides is 1. The predicted octanol–water partition coefficient (Wildman–Crippen LogP) is 1.69. The lowest BCUT2D eigenvalue weighted by Gasteiger charge is -2.21. The molecule has 1 heterocycles. The molecular weight excluding hydrogens is 265 g/mol. The van der Waals surface area contributed by atoms with Gasteiger partial charge < -0.3 is 4.74 Å². The number of alkyl halides is 1. The van der Waals surface area contributed by atoms with Crippen LogP contribution in [0.1, 0.15) is 28.4 Å². The first-order chi connectivity index (χ1) is 9.40. The Morgan fingerprint density at radius 2 is 1.90 bits per heavy atom. The molecule has 5 nitrogen and oxygen atoms in total. The molecule has 0 aliphatic carbocycles. The van der Waals surface area contributed by atoms with E-state index in [9.17, 15) is 18.8 Å². The number of carbonyl (C=O) groups is 3. The number of carbonyl (C=O) groups excluding carboxylic acids is 3. The molecule has 0 N–H and O–H groups in total. The van der Waals surface area contributed by atoms with E-state index >= 15 is 0 Å². The zero-order chi connectivity index (χ0) is 15.0. The molecule has 1 aromatic rings. The highest BCUT2D eigenvalue weighted by Gasteiger charge is 2.45. The minimum Gasteiger partial charge on any atom is -0.462 e. The monoisotopic (exact) mass is 279 g/mol. The van der Waals surface area contributed by atoms with Crippen LogP contribution in [0, 0.1) is 13.8 Å². The van der Waals surface area contributed by atoms with Gasteiger partial charge in [-0.3, -0.25) is 14.5 Å². The maximum absolute atomic E-state index is 14.2. The molecule has 0 spiro atoms. The van der Waals surface area contributed by atoms with Crippen molar-refractivity contribution in [3.8, 4) is 0 Å². The topological polar surface area (TPSA) is 63.7 Å². The van der Waals surface area contributed by atoms with Crippen LogP contribution < -0.4 is 4.90 Å². The summed E-state index contributed by atoms with van der Waals surface area (Å²) in [6, 6.07) is 3.35. The predicted molar refractivity (Wildman–Crippen MR) is 69.3 cm³/mol. The highest BCUT2D eigenvalue weighted by atomic mass is 19.1. The molecule has 0 aromatic heterocycles. The molecule has 1 atom stereocenters. The number of benzene rings is 1. The number of Topliss-reactive ketones (excluding diaryl/α,β-unsaturated/α-hetero) is 1. The average Bonchev–Trinajstić information content (AvgIpc) is 2.68. The Kier molecular flexibility index (Phi) is 3.57. The summed E-state index contributed by atoms with van der Waals surface area (Å²) in [6.07, 6.45) is -2.31. The Labute approximate surface area is 115 Å². The van der Waals surface area contributed by atoms with Gasteiger partial charge in [0.2, 0.25) is 0 Å². The van der Waals surface area contributed by atoms with Gasteiger partial charge in [-0.1, -0.05) is 12.1 Å². The number of ketones is 1. The maximum Gasteiger partial charge on any atom is 0.362 e. The quantitative estimate of drug-likeness (QED) is 0.480. The maximum atomic E-state index is 14.2. The third-order valence-corrected chi connectivity index (χ3v) is 3.18. The SMILES string of the molecule is CCOC(=O)C(F)N1C(=O)C(=O)c2c(C)ccc(C)c21. The zero-order valence-corrected chi connectivity index (χ0v) is 11.4. The number of aryl methyl sites for hydroxylation is 2. The summed E-state index contributed by atoms with van der Waals surface area (Å²) in [4.78, 5) is 36.0. The van der Waals surface area contributed by atoms with Gasteiger partial charge in [0.05, 0.1) is 17.9 Å². The molecule has 0 saturated heterocycles. The Morgan fingerprint density at radius 3 is 2.50 bits per heavy atom. The van der Waals surface area contributed by atoms with Crippen molar-refractivity contribution >= 4 is 23.3 Å². The summed E-state index contributed by atoms with van der Waals surface area (Å²) in [5.41, 5.74) is 1.43. The minimum atomic E-state index is -2.31. The lowest BCUT2D eigenvalue weighted by atomic mass is 10.0. The second-order valence-electron chi connectivity index (χ2n) is 4.52. The molecule has 1 aliphatic rings. The summed E-state index contributed by atoms with van der Waals surface area (Å²) < 4.78 is 18.7. The smallest absolute Gasteiger partial charge is 0.362 e. The van der Waals surface area contributed by atoms with Crippen molar-refractivity contribution in [3.63, 3.8) is 0 Å². The van der Waals surface area contributed by atoms with Crippen LogP contribution in [0.25, 0.3) is 0 Å². The Morgan fingerprint density at radius 1 is 1.30 bits per heavy atom. The van der Waals surface area contributed by atoms with Gasteiger partial charge in [-0.25, -0.2) is 9.18 Å². The normalized spacial score (nSPS) is 15.3. The van der Waals surface area contributed by atoms with Crippen molar-refractivity contribution in [2.24, 2.45) is 0 Å². The molecule has 0 saturated carbocycles. The van der Waals surface area contributed by atoms with Crippen LogP contribution in [0.5, 0.6) is 0 Å². The van der Waals surface area contributed by atoms with Crippen LogP contribution in [0.15, 0.2) is 12.1 Å². The number of ether oxygens (including phenoxy) is 1. The van der Waals surface area contributed by atoms with E-state index in [0.717, 1.165) is 0 Å². The Balaban J connectivity index is 2.53. The van der Waals surface area contributed by atoms with E-state index in [0.29, 0.717) is 16.0 Å². The van der Waals surface area contributed by atoms with Crippen molar-refractivity contribution in [2.75, 3.05) is 11.5 Å². The van der Waals surface area contributed by atoms with E-state index in [1.807, 2.05) is 0 Å². The van der Waals surface area contributed by atoms with Gasteiger partial charge in [-0.2, -0.15) is 0 Å². The van der Waals surface area contributed by atoms with Gasteiger partial charge in [-0.15, -0.1) is 0 Å². The van der Waals surface area contributed by atoms with Gasteiger partial charge >= 0.3 is 11.9 Å². The van der Waals surface area contributed by atoms with Crippen LogP contribution in [0.3, 0.4) is 0 Å². The van der Waals surface area contributed by atoms with E-state index < -0.39 is 24.0 Å². The van der Waals surface area contributed by atoms with Gasteiger partial charge in [0, 0.05) is 0 Å². The van der Waals surface area contributed by atoms with E-state index in [4.69, 9.17) is 0 Å². The Bertz CT molecular complexity index is 611. The van der Waals surface area contributed by atoms with Crippen LogP contribution in [0.2, 0.25) is 0 Å². The molecule has 0 bridgehead atoms. The number of hydrogen-bond acceptors (Lipinski definition) is 4. The summed E-state index contributed by atoms with van der Waals surface area (Å²) in [5, 5.41) is 0. The molecule has 2 rings (SSSR count). The fourth-order valence-electron chi connectivity index (χ4n) is 2.24. The second kappa shape index (κ2) is 5.03. The van der Waals surface area contributed by atoms with E-state index in [1.165, 1.54) is 6.92 Å². The van der Waals surface area contributed by atoms with E-state index in [-0.39, 0.29) is 17.9 Å². The summed E-state index contributed by atoms with van der Waals surface area (Å²) in [5.74, 6) is -3.02. The zero-order valence-electron chi connectivity index (χ0n) is 11.4. The first-order valence-electron chi connectivity index (χ1n) is 6.19. The number of esters is 1. The van der Waals surface area contributed by atoms with Gasteiger partial charge in [0.1, 0.15) is 0 Å². The molecule has 1 unspecified atom stereocenters. The number of rotatable bonds is 3. The first kappa shape index (κ1) is 14.2. The molecule has 106 valence electrons. The summed E-state index contributed by atoms with van der Waals surface area (Å²) >= 11 is 0. The summed E-state index contributed by atoms with van der Waals surface area (Å²) in [7, 11) is 0. The standard InChI is InChI=1S/C14H14FNO4/c1-4-20-14(19)12(15)16-10-8(3)6-5-7(2)9(10)11(17)13(16)18/h5-6,12H,4H2,1-3H3. The van der Waals surface area contributed by atoms with Crippen molar-refractivity contribution in [1.29, 1.82) is 0 Å². The van der Waals surface area contributed by atoms with Crippen LogP contribution >= 0.6 is 0 Å². The summed E-state index contributed by atoms with van der Waals surface area (Å²) in [6.45, 7) is 4.83. The average molecular weight is 279 g/mol. The number of anilines is 1. The highest BCUT2D eigenvalue weighted by molar-refractivity contribution is 6.53. The molecule has 0 radical (unpaired) electrons. The van der Waals surface area contributed by atoms with Crippen molar-refractivity contribution < 1.29 is 23.5 Å². The van der Waals surface area contributed by atoms with Gasteiger partial charge in [0.25, 0.3) is 12.1 Å². The molecule has 1 aromatic carbocycles. The van der Waals surface area contributed by atoms with Gasteiger partial charge in [0.15, 0.2) is 0 Å². The van der Waals surface area contributed by atoms with Crippen molar-refractivity contribution in [1.82, 2.24) is 0 Å². The highest BCUT2D eigenvalue weighted by Crippen LogP contribution is 2.36. The van der Waals surface area contributed by atoms with Crippen molar-refractivity contribution in [2.45, 2.75) is 27.1 Å². The molecule has 1 aliphatic heterocycles. The fraction of sp³-hybridized carbons (Fsp3) is 0.357. The van der Waals surface area contributed by atoms with Crippen LogP contribution in [0.4, 0.5) is 10.1 Å².